The average Bonchev–Trinajstić information content (AvgIpc) is 3.95. The molecule has 5 heteroatoms. The molecular formula is C47H27N3O2. The predicted octanol–water partition coefficient (Wildman–Crippen LogP) is 12.7. The number of hydrogen-bond donors (Lipinski definition) is 0. The molecule has 0 saturated carbocycles. The molecule has 0 saturated heterocycles. The van der Waals surface area contributed by atoms with Gasteiger partial charge in [0, 0.05) is 55.2 Å². The van der Waals surface area contributed by atoms with Gasteiger partial charge in [0.2, 0.25) is 0 Å². The van der Waals surface area contributed by atoms with Crippen LogP contribution in [0.25, 0.3) is 110 Å². The summed E-state index contributed by atoms with van der Waals surface area (Å²) in [6, 6.07) is 53.6. The predicted molar refractivity (Wildman–Crippen MR) is 213 cm³/mol. The van der Waals surface area contributed by atoms with Crippen molar-refractivity contribution < 1.29 is 8.83 Å². The molecule has 0 aliphatic heterocycles. The normalized spacial score (nSPS) is 12.2. The lowest BCUT2D eigenvalue weighted by atomic mass is 10.0. The SMILES string of the molecule is c1ccc2c(c1)oc1ccc(-c3cncc(-n4c5ccccc5c5c6oc7ccc(-n8c9ccccc9c9ccccc98)cc7c6ccc54)c3)cc12. The van der Waals surface area contributed by atoms with Crippen LogP contribution in [-0.2, 0) is 0 Å². The first-order valence-electron chi connectivity index (χ1n) is 17.5. The van der Waals surface area contributed by atoms with Crippen LogP contribution in [0.5, 0.6) is 0 Å². The fourth-order valence-electron chi connectivity index (χ4n) is 8.51. The molecule has 0 spiro atoms. The molecule has 0 bridgehead atoms. The Hall–Kier alpha value is -7.11. The van der Waals surface area contributed by atoms with Crippen molar-refractivity contribution in [3.63, 3.8) is 0 Å². The van der Waals surface area contributed by atoms with Crippen molar-refractivity contribution >= 4 is 87.5 Å². The smallest absolute Gasteiger partial charge is 0.145 e. The number of nitrogens with zero attached hydrogens (tertiary/aromatic N) is 3. The van der Waals surface area contributed by atoms with E-state index in [4.69, 9.17) is 13.8 Å². The van der Waals surface area contributed by atoms with E-state index in [0.29, 0.717) is 0 Å². The Morgan fingerprint density at radius 1 is 0.365 bits per heavy atom. The van der Waals surface area contributed by atoms with Crippen molar-refractivity contribution in [3.8, 4) is 22.5 Å². The van der Waals surface area contributed by atoms with Gasteiger partial charge < -0.3 is 18.0 Å². The van der Waals surface area contributed by atoms with Gasteiger partial charge in [0.15, 0.2) is 0 Å². The zero-order valence-corrected chi connectivity index (χ0v) is 27.7. The number of furan rings is 2. The monoisotopic (exact) mass is 665 g/mol. The lowest BCUT2D eigenvalue weighted by Gasteiger charge is -2.10. The lowest BCUT2D eigenvalue weighted by Crippen LogP contribution is -1.95. The van der Waals surface area contributed by atoms with Gasteiger partial charge in [-0.15, -0.1) is 0 Å². The van der Waals surface area contributed by atoms with E-state index >= 15 is 0 Å². The maximum atomic E-state index is 6.78. The number of rotatable bonds is 3. The van der Waals surface area contributed by atoms with E-state index in [0.717, 1.165) is 88.2 Å². The van der Waals surface area contributed by atoms with Crippen molar-refractivity contribution in [2.75, 3.05) is 0 Å². The number of aromatic nitrogens is 3. The van der Waals surface area contributed by atoms with Crippen molar-refractivity contribution in [2.45, 2.75) is 0 Å². The summed E-state index contributed by atoms with van der Waals surface area (Å²) in [7, 11) is 0. The Labute approximate surface area is 296 Å². The van der Waals surface area contributed by atoms with Gasteiger partial charge in [0.05, 0.1) is 39.3 Å². The number of para-hydroxylation sites is 4. The molecular weight excluding hydrogens is 639 g/mol. The van der Waals surface area contributed by atoms with Gasteiger partial charge in [0.25, 0.3) is 0 Å². The van der Waals surface area contributed by atoms with Crippen LogP contribution in [0, 0.1) is 0 Å². The second kappa shape index (κ2) is 10.2. The highest BCUT2D eigenvalue weighted by Gasteiger charge is 2.20. The summed E-state index contributed by atoms with van der Waals surface area (Å²) in [5.41, 5.74) is 12.3. The van der Waals surface area contributed by atoms with Crippen LogP contribution in [0.3, 0.4) is 0 Å². The standard InChI is InChI=1S/C47H27N3O2/c1-5-13-39-32(9-1)33-10-2-6-14-40(33)49(39)30-18-22-45-38(25-30)35-19-20-42-46(47(35)52-45)36-12-3-7-15-41(36)50(42)31-23-29(26-48-27-31)28-17-21-44-37(24-28)34-11-4-8-16-43(34)51-44/h1-27H. The van der Waals surface area contributed by atoms with Gasteiger partial charge in [-0.3, -0.25) is 4.98 Å². The third kappa shape index (κ3) is 3.74. The number of benzene rings is 7. The van der Waals surface area contributed by atoms with Gasteiger partial charge in [-0.1, -0.05) is 78.9 Å². The van der Waals surface area contributed by atoms with Crippen LogP contribution in [0.2, 0.25) is 0 Å². The Kier molecular flexibility index (Phi) is 5.44. The first-order chi connectivity index (χ1) is 25.8. The van der Waals surface area contributed by atoms with Crippen LogP contribution < -0.4 is 0 Å². The second-order valence-electron chi connectivity index (χ2n) is 13.6. The molecule has 0 unspecified atom stereocenters. The van der Waals surface area contributed by atoms with Crippen molar-refractivity contribution in [1.82, 2.24) is 14.1 Å². The fraction of sp³-hybridized carbons (Fsp3) is 0. The second-order valence-corrected chi connectivity index (χ2v) is 13.6. The summed E-state index contributed by atoms with van der Waals surface area (Å²) >= 11 is 0. The molecule has 0 radical (unpaired) electrons. The highest BCUT2D eigenvalue weighted by atomic mass is 16.3. The zero-order chi connectivity index (χ0) is 33.9. The van der Waals surface area contributed by atoms with Crippen molar-refractivity contribution in [2.24, 2.45) is 0 Å². The van der Waals surface area contributed by atoms with E-state index in [1.54, 1.807) is 0 Å². The maximum absolute atomic E-state index is 6.78. The topological polar surface area (TPSA) is 49.0 Å². The molecule has 0 aliphatic rings. The van der Waals surface area contributed by atoms with Crippen LogP contribution in [0.15, 0.2) is 173 Å². The van der Waals surface area contributed by atoms with Gasteiger partial charge in [-0.05, 0) is 78.4 Å². The minimum Gasteiger partial charge on any atom is -0.456 e. The highest BCUT2D eigenvalue weighted by Crippen LogP contribution is 2.42. The summed E-state index contributed by atoms with van der Waals surface area (Å²) in [4.78, 5) is 4.76. The molecule has 12 aromatic rings. The largest absolute Gasteiger partial charge is 0.456 e. The molecule has 0 amide bonds. The minimum atomic E-state index is 0.870. The summed E-state index contributed by atoms with van der Waals surface area (Å²) < 4.78 is 17.6. The molecule has 0 N–H and O–H groups in total. The Bertz CT molecular complexity index is 3380. The van der Waals surface area contributed by atoms with Crippen molar-refractivity contribution in [1.29, 1.82) is 0 Å². The van der Waals surface area contributed by atoms with Crippen molar-refractivity contribution in [3.05, 3.63) is 164 Å². The number of fused-ring (bicyclic) bond motifs is 13. The summed E-state index contributed by atoms with van der Waals surface area (Å²) in [6.07, 6.45) is 3.88. The first-order valence-corrected chi connectivity index (χ1v) is 17.5. The van der Waals surface area contributed by atoms with E-state index in [1.165, 1.54) is 21.8 Å². The van der Waals surface area contributed by atoms with Gasteiger partial charge in [-0.25, -0.2) is 0 Å². The lowest BCUT2D eigenvalue weighted by molar-refractivity contribution is 0.669. The molecule has 5 nitrogen and oxygen atoms in total. The minimum absolute atomic E-state index is 0.870. The third-order valence-corrected chi connectivity index (χ3v) is 10.8. The molecule has 5 aromatic heterocycles. The van der Waals surface area contributed by atoms with E-state index in [1.807, 2.05) is 24.5 Å². The molecule has 52 heavy (non-hydrogen) atoms. The van der Waals surface area contributed by atoms with Crippen LogP contribution in [-0.4, -0.2) is 14.1 Å². The van der Waals surface area contributed by atoms with Gasteiger partial charge in [-0.2, -0.15) is 0 Å². The molecule has 5 heterocycles. The Morgan fingerprint density at radius 3 is 1.79 bits per heavy atom. The molecule has 0 fully saturated rings. The maximum Gasteiger partial charge on any atom is 0.145 e. The summed E-state index contributed by atoms with van der Waals surface area (Å²) in [5, 5.41) is 9.14. The van der Waals surface area contributed by atoms with E-state index in [-0.39, 0.29) is 0 Å². The van der Waals surface area contributed by atoms with E-state index in [9.17, 15) is 0 Å². The first kappa shape index (κ1) is 27.7. The van der Waals surface area contributed by atoms with Gasteiger partial charge >= 0.3 is 0 Å². The summed E-state index contributed by atoms with van der Waals surface area (Å²) in [5.74, 6) is 0. The number of pyridine rings is 1. The molecule has 0 aliphatic carbocycles. The fourth-order valence-corrected chi connectivity index (χ4v) is 8.51. The Balaban J connectivity index is 1.06. The highest BCUT2D eigenvalue weighted by molar-refractivity contribution is 6.24. The Morgan fingerprint density at radius 2 is 0.981 bits per heavy atom. The van der Waals surface area contributed by atoms with Crippen LogP contribution in [0.1, 0.15) is 0 Å². The molecule has 7 aromatic carbocycles. The zero-order valence-electron chi connectivity index (χ0n) is 27.7. The van der Waals surface area contributed by atoms with Crippen LogP contribution >= 0.6 is 0 Å². The number of hydrogen-bond acceptors (Lipinski definition) is 3. The molecule has 0 atom stereocenters. The summed E-state index contributed by atoms with van der Waals surface area (Å²) in [6.45, 7) is 0. The molecule has 242 valence electrons. The third-order valence-electron chi connectivity index (χ3n) is 10.8. The quantitative estimate of drug-likeness (QED) is 0.189. The van der Waals surface area contributed by atoms with E-state index in [2.05, 4.69) is 149 Å². The van der Waals surface area contributed by atoms with Crippen LogP contribution in [0.4, 0.5) is 0 Å². The molecule has 12 rings (SSSR count). The van der Waals surface area contributed by atoms with E-state index < -0.39 is 0 Å². The van der Waals surface area contributed by atoms with Gasteiger partial charge in [0.1, 0.15) is 22.3 Å². The average molecular weight is 666 g/mol.